The van der Waals surface area contributed by atoms with Crippen molar-refractivity contribution in [1.29, 1.82) is 0 Å². The number of hydrogen-bond donors (Lipinski definition) is 2. The van der Waals surface area contributed by atoms with Crippen LogP contribution in [0.25, 0.3) is 0 Å². The molecule has 1 fully saturated rings. The third kappa shape index (κ3) is 4.97. The molecule has 1 aliphatic heterocycles. The molecule has 1 unspecified atom stereocenters. The van der Waals surface area contributed by atoms with Crippen LogP contribution in [0.1, 0.15) is 38.2 Å². The Kier molecular flexibility index (Phi) is 6.68. The molecule has 124 valence electrons. The maximum Gasteiger partial charge on any atom is 0.122 e. The Morgan fingerprint density at radius 1 is 1.23 bits per heavy atom. The highest BCUT2D eigenvalue weighted by Gasteiger charge is 2.20. The van der Waals surface area contributed by atoms with Crippen LogP contribution in [0, 0.1) is 5.92 Å². The zero-order valence-electron chi connectivity index (χ0n) is 13.7. The largest absolute Gasteiger partial charge is 0.491 e. The molecule has 0 saturated carbocycles. The van der Waals surface area contributed by atoms with E-state index in [-0.39, 0.29) is 6.61 Å². The van der Waals surface area contributed by atoms with Gasteiger partial charge in [0.15, 0.2) is 0 Å². The normalized spacial score (nSPS) is 18.6. The molecule has 2 rings (SSSR count). The lowest BCUT2D eigenvalue weighted by Crippen LogP contribution is -2.41. The lowest BCUT2D eigenvalue weighted by molar-refractivity contribution is 0.0486. The summed E-state index contributed by atoms with van der Waals surface area (Å²) < 4.78 is 5.83. The van der Waals surface area contributed by atoms with Gasteiger partial charge in [-0.25, -0.2) is 0 Å². The Bertz CT molecular complexity index is 442. The number of aliphatic hydroxyl groups is 2. The van der Waals surface area contributed by atoms with Crippen LogP contribution in [0.15, 0.2) is 24.3 Å². The van der Waals surface area contributed by atoms with E-state index in [1.807, 2.05) is 18.2 Å². The van der Waals surface area contributed by atoms with E-state index < -0.39 is 6.10 Å². The van der Waals surface area contributed by atoms with Crippen LogP contribution in [-0.4, -0.2) is 54.1 Å². The topological polar surface area (TPSA) is 52.9 Å². The molecule has 2 N–H and O–H groups in total. The van der Waals surface area contributed by atoms with Gasteiger partial charge >= 0.3 is 0 Å². The fourth-order valence-electron chi connectivity index (χ4n) is 2.98. The lowest BCUT2D eigenvalue weighted by Gasteiger charge is -2.32. The van der Waals surface area contributed by atoms with Crippen LogP contribution in [-0.2, 0) is 0 Å². The van der Waals surface area contributed by atoms with Crippen molar-refractivity contribution in [3.8, 4) is 5.75 Å². The van der Waals surface area contributed by atoms with Crippen LogP contribution in [0.2, 0.25) is 0 Å². The second-order valence-electron chi connectivity index (χ2n) is 6.58. The smallest absolute Gasteiger partial charge is 0.122 e. The molecule has 22 heavy (non-hydrogen) atoms. The van der Waals surface area contributed by atoms with Gasteiger partial charge in [0.25, 0.3) is 0 Å². The molecular weight excluding hydrogens is 278 g/mol. The average Bonchev–Trinajstić information content (AvgIpc) is 2.54. The van der Waals surface area contributed by atoms with Crippen molar-refractivity contribution in [3.63, 3.8) is 0 Å². The van der Waals surface area contributed by atoms with Crippen molar-refractivity contribution in [2.75, 3.05) is 32.8 Å². The van der Waals surface area contributed by atoms with Gasteiger partial charge in [0.05, 0.1) is 0 Å². The summed E-state index contributed by atoms with van der Waals surface area (Å²) >= 11 is 0. The number of hydrogen-bond acceptors (Lipinski definition) is 4. The second kappa shape index (κ2) is 8.51. The number of β-amino-alcohol motifs (C(OH)–C–C–N with tert-alkyl or cyclic N) is 1. The fourth-order valence-corrected chi connectivity index (χ4v) is 2.98. The number of likely N-dealkylation sites (tertiary alicyclic amines) is 1. The molecule has 1 heterocycles. The van der Waals surface area contributed by atoms with E-state index in [0.29, 0.717) is 25.0 Å². The van der Waals surface area contributed by atoms with Gasteiger partial charge in [0.2, 0.25) is 0 Å². The van der Waals surface area contributed by atoms with Crippen LogP contribution in [0.5, 0.6) is 5.75 Å². The van der Waals surface area contributed by atoms with Crippen molar-refractivity contribution in [2.24, 2.45) is 5.92 Å². The molecular formula is C18H29NO3. The highest BCUT2D eigenvalue weighted by molar-refractivity contribution is 5.35. The molecule has 0 bridgehead atoms. The Labute approximate surface area is 133 Å². The highest BCUT2D eigenvalue weighted by atomic mass is 16.5. The molecule has 0 radical (unpaired) electrons. The predicted octanol–water partition coefficient (Wildman–Crippen LogP) is 2.25. The van der Waals surface area contributed by atoms with Gasteiger partial charge in [-0.15, -0.1) is 0 Å². The van der Waals surface area contributed by atoms with Gasteiger partial charge in [0, 0.05) is 13.2 Å². The first-order valence-corrected chi connectivity index (χ1v) is 8.33. The van der Waals surface area contributed by atoms with Crippen LogP contribution in [0.3, 0.4) is 0 Å². The summed E-state index contributed by atoms with van der Waals surface area (Å²) in [5.41, 5.74) is 1.18. The second-order valence-corrected chi connectivity index (χ2v) is 6.58. The first-order valence-electron chi connectivity index (χ1n) is 8.33. The molecule has 4 heteroatoms. The molecule has 1 atom stereocenters. The zero-order valence-corrected chi connectivity index (χ0v) is 13.7. The minimum Gasteiger partial charge on any atom is -0.491 e. The first kappa shape index (κ1) is 17.3. The van der Waals surface area contributed by atoms with Gasteiger partial charge in [-0.2, -0.15) is 0 Å². The number of para-hydroxylation sites is 1. The summed E-state index contributed by atoms with van der Waals surface area (Å²) in [6, 6.07) is 8.03. The minimum absolute atomic E-state index is 0.283. The van der Waals surface area contributed by atoms with Crippen molar-refractivity contribution >= 4 is 0 Å². The van der Waals surface area contributed by atoms with E-state index in [2.05, 4.69) is 24.8 Å². The molecule has 1 aromatic carbocycles. The monoisotopic (exact) mass is 307 g/mol. The summed E-state index contributed by atoms with van der Waals surface area (Å²) in [6.45, 7) is 7.43. The summed E-state index contributed by atoms with van der Waals surface area (Å²) in [4.78, 5) is 2.26. The van der Waals surface area contributed by atoms with Crippen molar-refractivity contribution < 1.29 is 14.9 Å². The quantitative estimate of drug-likeness (QED) is 0.811. The summed E-state index contributed by atoms with van der Waals surface area (Å²) in [5, 5.41) is 19.4. The van der Waals surface area contributed by atoms with E-state index in [1.54, 1.807) is 0 Å². The van der Waals surface area contributed by atoms with Gasteiger partial charge in [-0.05, 0) is 49.4 Å². The molecule has 1 saturated heterocycles. The lowest BCUT2D eigenvalue weighted by atomic mass is 9.98. The molecule has 4 nitrogen and oxygen atoms in total. The van der Waals surface area contributed by atoms with E-state index >= 15 is 0 Å². The number of piperidine rings is 1. The minimum atomic E-state index is -0.481. The average molecular weight is 307 g/mol. The molecule has 1 aromatic rings. The Morgan fingerprint density at radius 2 is 1.91 bits per heavy atom. The van der Waals surface area contributed by atoms with Crippen molar-refractivity contribution in [3.05, 3.63) is 29.8 Å². The number of benzene rings is 1. The highest BCUT2D eigenvalue weighted by Crippen LogP contribution is 2.26. The molecule has 0 amide bonds. The van der Waals surface area contributed by atoms with Crippen molar-refractivity contribution in [2.45, 2.75) is 38.7 Å². The van der Waals surface area contributed by atoms with Crippen LogP contribution >= 0.6 is 0 Å². The molecule has 0 aliphatic carbocycles. The number of rotatable bonds is 7. The standard InChI is InChI=1S/C18H29NO3/c1-14(2)17-5-3-4-6-18(17)22-13-16(21)11-19-9-7-15(12-20)8-10-19/h3-6,14-16,20-21H,7-13H2,1-2H3. The summed E-state index contributed by atoms with van der Waals surface area (Å²) in [5.74, 6) is 1.71. The van der Waals surface area contributed by atoms with E-state index in [0.717, 1.165) is 31.7 Å². The summed E-state index contributed by atoms with van der Waals surface area (Å²) in [7, 11) is 0. The van der Waals surface area contributed by atoms with Crippen molar-refractivity contribution in [1.82, 2.24) is 4.90 Å². The molecule has 0 spiro atoms. The van der Waals surface area contributed by atoms with E-state index in [1.165, 1.54) is 5.56 Å². The third-order valence-electron chi connectivity index (χ3n) is 4.41. The molecule has 1 aliphatic rings. The van der Waals surface area contributed by atoms with Gasteiger partial charge in [-0.3, -0.25) is 0 Å². The van der Waals surface area contributed by atoms with Crippen LogP contribution < -0.4 is 4.74 Å². The molecule has 0 aromatic heterocycles. The Balaban J connectivity index is 1.77. The number of nitrogens with zero attached hydrogens (tertiary/aromatic N) is 1. The van der Waals surface area contributed by atoms with Gasteiger partial charge < -0.3 is 19.8 Å². The van der Waals surface area contributed by atoms with Crippen LogP contribution in [0.4, 0.5) is 0 Å². The maximum absolute atomic E-state index is 10.2. The predicted molar refractivity (Wildman–Crippen MR) is 88.3 cm³/mol. The number of ether oxygens (including phenoxy) is 1. The maximum atomic E-state index is 10.2. The number of aliphatic hydroxyl groups excluding tert-OH is 2. The Morgan fingerprint density at radius 3 is 2.55 bits per heavy atom. The van der Waals surface area contributed by atoms with Gasteiger partial charge in [-0.1, -0.05) is 32.0 Å². The third-order valence-corrected chi connectivity index (χ3v) is 4.41. The zero-order chi connectivity index (χ0) is 15.9. The first-order chi connectivity index (χ1) is 10.6. The summed E-state index contributed by atoms with van der Waals surface area (Å²) in [6.07, 6.45) is 1.55. The Hall–Kier alpha value is -1.10. The van der Waals surface area contributed by atoms with E-state index in [9.17, 15) is 5.11 Å². The van der Waals surface area contributed by atoms with Gasteiger partial charge in [0.1, 0.15) is 18.5 Å². The SMILES string of the molecule is CC(C)c1ccccc1OCC(O)CN1CCC(CO)CC1. The van der Waals surface area contributed by atoms with E-state index in [4.69, 9.17) is 9.84 Å². The fraction of sp³-hybridized carbons (Fsp3) is 0.667.